The van der Waals surface area contributed by atoms with Crippen LogP contribution in [-0.4, -0.2) is 27.7 Å². The van der Waals surface area contributed by atoms with E-state index in [-0.39, 0.29) is 30.0 Å². The van der Waals surface area contributed by atoms with Crippen molar-refractivity contribution in [3.8, 4) is 11.5 Å². The van der Waals surface area contributed by atoms with Crippen LogP contribution in [0.3, 0.4) is 0 Å². The van der Waals surface area contributed by atoms with Crippen molar-refractivity contribution in [3.63, 3.8) is 0 Å². The average Bonchev–Trinajstić information content (AvgIpc) is 2.69. The molecule has 2 aromatic rings. The molecule has 174 valence electrons. The Bertz CT molecular complexity index is 1040. The first kappa shape index (κ1) is 25.3. The highest BCUT2D eigenvalue weighted by Gasteiger charge is 2.58. The lowest BCUT2D eigenvalue weighted by Crippen LogP contribution is -2.59. The largest absolute Gasteiger partial charge is 0.508 e. The van der Waals surface area contributed by atoms with E-state index in [0.717, 1.165) is 16.7 Å². The lowest BCUT2D eigenvalue weighted by atomic mass is 9.62. The fraction of sp³-hybridized carbons (Fsp3) is 0.417. The van der Waals surface area contributed by atoms with E-state index >= 15 is 0 Å². The first-order chi connectivity index (χ1) is 14.5. The number of hydrogen-bond acceptors (Lipinski definition) is 4. The first-order valence-electron chi connectivity index (χ1n) is 10.4. The summed E-state index contributed by atoms with van der Waals surface area (Å²) < 4.78 is 6.56. The molecule has 0 saturated heterocycles. The maximum absolute atomic E-state index is 12.9. The van der Waals surface area contributed by atoms with Gasteiger partial charge in [0.2, 0.25) is 0 Å². The van der Waals surface area contributed by atoms with E-state index < -0.39 is 17.0 Å². The number of guanidine groups is 1. The van der Waals surface area contributed by atoms with E-state index in [2.05, 4.69) is 5.32 Å². The molecule has 1 aliphatic heterocycles. The smallest absolute Gasteiger partial charge is 0.318 e. The third-order valence-corrected chi connectivity index (χ3v) is 6.85. The number of nitrogens with two attached hydrogens (primary N) is 1. The van der Waals surface area contributed by atoms with Crippen molar-refractivity contribution in [2.75, 3.05) is 5.32 Å². The number of anilines is 1. The molecular formula is C24H32ClN3O4. The summed E-state index contributed by atoms with van der Waals surface area (Å²) in [4.78, 5) is 12.9. The molecule has 0 fully saturated rings. The number of phenols is 1. The van der Waals surface area contributed by atoms with Crippen molar-refractivity contribution in [3.05, 3.63) is 52.6 Å². The monoisotopic (exact) mass is 461 g/mol. The molecule has 0 bridgehead atoms. The van der Waals surface area contributed by atoms with Gasteiger partial charge in [0, 0.05) is 11.3 Å². The second-order valence-corrected chi connectivity index (χ2v) is 8.68. The summed E-state index contributed by atoms with van der Waals surface area (Å²) in [6, 6.07) is 8.69. The molecule has 0 radical (unpaired) electrons. The van der Waals surface area contributed by atoms with Crippen LogP contribution in [0, 0.1) is 19.3 Å². The summed E-state index contributed by atoms with van der Waals surface area (Å²) >= 11 is 0. The second-order valence-electron chi connectivity index (χ2n) is 8.68. The molecule has 32 heavy (non-hydrogen) atoms. The number of ether oxygens (including phenoxy) is 1. The Morgan fingerprint density at radius 2 is 1.91 bits per heavy atom. The molecule has 0 saturated carbocycles. The molecule has 3 unspecified atom stereocenters. The van der Waals surface area contributed by atoms with Crippen molar-refractivity contribution in [1.82, 2.24) is 0 Å². The molecule has 3 atom stereocenters. The van der Waals surface area contributed by atoms with Crippen LogP contribution in [0.25, 0.3) is 0 Å². The standard InChI is InChI=1S/C24H31N3O4.ClH/c1-6-24(21(29)30,16-7-9-17(10-8-16)27-22(25)26)23(5)12-13(2)18-11-19(28)14(3)15(4)20(18)31-23;/h7-11,13,28H,6,12H2,1-5H3,(H,29,30)(H4,25,26,27);1H. The zero-order valence-electron chi connectivity index (χ0n) is 19.1. The van der Waals surface area contributed by atoms with Crippen molar-refractivity contribution in [1.29, 1.82) is 5.41 Å². The number of aliphatic carboxylic acids is 1. The number of benzene rings is 2. The number of halogens is 1. The molecule has 6 N–H and O–H groups in total. The van der Waals surface area contributed by atoms with Gasteiger partial charge in [-0.25, -0.2) is 0 Å². The molecule has 0 aliphatic carbocycles. The lowest BCUT2D eigenvalue weighted by molar-refractivity contribution is -0.155. The second kappa shape index (κ2) is 8.90. The maximum atomic E-state index is 12.9. The van der Waals surface area contributed by atoms with Gasteiger partial charge in [-0.3, -0.25) is 10.2 Å². The molecule has 0 spiro atoms. The van der Waals surface area contributed by atoms with Gasteiger partial charge < -0.3 is 26.0 Å². The SMILES string of the molecule is CCC(C(=O)O)(c1ccc(NC(=N)N)cc1)C1(C)CC(C)c2cc(O)c(C)c(C)c2O1.Cl. The zero-order chi connectivity index (χ0) is 23.1. The topological polar surface area (TPSA) is 129 Å². The fourth-order valence-electron chi connectivity index (χ4n) is 5.00. The van der Waals surface area contributed by atoms with Crippen LogP contribution < -0.4 is 15.8 Å². The lowest BCUT2D eigenvalue weighted by Gasteiger charge is -2.50. The third-order valence-electron chi connectivity index (χ3n) is 6.85. The Morgan fingerprint density at radius 1 is 1.31 bits per heavy atom. The number of fused-ring (bicyclic) bond motifs is 1. The van der Waals surface area contributed by atoms with Gasteiger partial charge in [0.1, 0.15) is 22.5 Å². The first-order valence-corrected chi connectivity index (χ1v) is 10.4. The number of hydrogen-bond donors (Lipinski definition) is 5. The van der Waals surface area contributed by atoms with E-state index in [1.54, 1.807) is 30.3 Å². The van der Waals surface area contributed by atoms with Crippen LogP contribution in [0.1, 0.15) is 61.8 Å². The molecule has 2 aromatic carbocycles. The molecule has 8 heteroatoms. The highest BCUT2D eigenvalue weighted by Crippen LogP contribution is 2.53. The van der Waals surface area contributed by atoms with Gasteiger partial charge in [0.15, 0.2) is 5.96 Å². The number of carboxylic acids is 1. The van der Waals surface area contributed by atoms with Crippen molar-refractivity contribution in [2.45, 2.75) is 64.4 Å². The van der Waals surface area contributed by atoms with Gasteiger partial charge in [-0.05, 0) is 74.4 Å². The molecule has 0 aromatic heterocycles. The third kappa shape index (κ3) is 3.86. The van der Waals surface area contributed by atoms with Gasteiger partial charge >= 0.3 is 5.97 Å². The summed E-state index contributed by atoms with van der Waals surface area (Å²) in [5.74, 6) is -0.249. The van der Waals surface area contributed by atoms with E-state index in [1.807, 2.05) is 34.6 Å². The summed E-state index contributed by atoms with van der Waals surface area (Å²) in [6.07, 6.45) is 0.812. The molecule has 0 amide bonds. The highest BCUT2D eigenvalue weighted by atomic mass is 35.5. The van der Waals surface area contributed by atoms with Crippen LogP contribution >= 0.6 is 12.4 Å². The van der Waals surface area contributed by atoms with Crippen LogP contribution in [0.5, 0.6) is 11.5 Å². The Labute approximate surface area is 194 Å². The number of rotatable bonds is 5. The predicted octanol–water partition coefficient (Wildman–Crippen LogP) is 4.81. The van der Waals surface area contributed by atoms with Crippen LogP contribution in [0.4, 0.5) is 5.69 Å². The van der Waals surface area contributed by atoms with Gasteiger partial charge in [-0.2, -0.15) is 0 Å². The van der Waals surface area contributed by atoms with Crippen molar-refractivity contribution < 1.29 is 19.7 Å². The van der Waals surface area contributed by atoms with Gasteiger partial charge in [0.25, 0.3) is 0 Å². The normalized spacial score (nSPS) is 21.3. The number of carboxylic acid groups (broad SMARTS) is 1. The Kier molecular flexibility index (Phi) is 7.05. The summed E-state index contributed by atoms with van der Waals surface area (Å²) in [5, 5.41) is 30.9. The van der Waals surface area contributed by atoms with Crippen molar-refractivity contribution in [2.24, 2.45) is 5.73 Å². The molecule has 7 nitrogen and oxygen atoms in total. The molecule has 1 aliphatic rings. The molecule has 1 heterocycles. The van der Waals surface area contributed by atoms with E-state index in [0.29, 0.717) is 29.8 Å². The zero-order valence-corrected chi connectivity index (χ0v) is 19.9. The molecule has 3 rings (SSSR count). The van der Waals surface area contributed by atoms with E-state index in [1.165, 1.54) is 0 Å². The average molecular weight is 462 g/mol. The summed E-state index contributed by atoms with van der Waals surface area (Å²) in [5.41, 5.74) is 6.77. The van der Waals surface area contributed by atoms with E-state index in [9.17, 15) is 15.0 Å². The van der Waals surface area contributed by atoms with Gasteiger partial charge in [-0.1, -0.05) is 26.0 Å². The minimum absolute atomic E-state index is 0. The van der Waals surface area contributed by atoms with Crippen molar-refractivity contribution >= 4 is 30.0 Å². The minimum atomic E-state index is -1.30. The van der Waals surface area contributed by atoms with Gasteiger partial charge in [-0.15, -0.1) is 12.4 Å². The predicted molar refractivity (Wildman–Crippen MR) is 128 cm³/mol. The Balaban J connectivity index is 0.00000363. The van der Waals surface area contributed by atoms with Crippen LogP contribution in [0.2, 0.25) is 0 Å². The summed E-state index contributed by atoms with van der Waals surface area (Å²) in [7, 11) is 0. The minimum Gasteiger partial charge on any atom is -0.508 e. The van der Waals surface area contributed by atoms with Crippen LogP contribution in [0.15, 0.2) is 30.3 Å². The quantitative estimate of drug-likeness (QED) is 0.321. The van der Waals surface area contributed by atoms with Gasteiger partial charge in [0.05, 0.1) is 0 Å². The highest BCUT2D eigenvalue weighted by molar-refractivity contribution is 5.90. The fourth-order valence-corrected chi connectivity index (χ4v) is 5.00. The Morgan fingerprint density at radius 3 is 2.41 bits per heavy atom. The number of nitrogens with one attached hydrogen (secondary N) is 2. The van der Waals surface area contributed by atoms with E-state index in [4.69, 9.17) is 15.9 Å². The Hall–Kier alpha value is -2.93. The number of aromatic hydroxyl groups is 1. The number of carbonyl (C=O) groups is 1. The van der Waals surface area contributed by atoms with Crippen LogP contribution in [-0.2, 0) is 10.2 Å². The molecular weight excluding hydrogens is 430 g/mol. The maximum Gasteiger partial charge on any atom is 0.318 e. The summed E-state index contributed by atoms with van der Waals surface area (Å²) in [6.45, 7) is 9.49. The number of phenolic OH excluding ortho intramolecular Hbond substituents is 1.